The molecule has 0 atom stereocenters. The van der Waals surface area contributed by atoms with Crippen LogP contribution in [0.2, 0.25) is 0 Å². The third-order valence-corrected chi connectivity index (χ3v) is 11.7. The van der Waals surface area contributed by atoms with Gasteiger partial charge in [0.2, 0.25) is 0 Å². The van der Waals surface area contributed by atoms with Gasteiger partial charge in [0, 0.05) is 38.4 Å². The molecule has 0 saturated carbocycles. The second kappa shape index (κ2) is 12.5. The summed E-state index contributed by atoms with van der Waals surface area (Å²) in [5.41, 5.74) is 16.4. The van der Waals surface area contributed by atoms with Crippen molar-refractivity contribution < 1.29 is 4.42 Å². The maximum Gasteiger partial charge on any atom is 0.160 e. The zero-order valence-electron chi connectivity index (χ0n) is 31.1. The molecule has 2 aromatic heterocycles. The van der Waals surface area contributed by atoms with E-state index < -0.39 is 0 Å². The quantitative estimate of drug-likeness (QED) is 0.178. The number of para-hydroxylation sites is 1. The number of fused-ring (bicyclic) bond motifs is 7. The summed E-state index contributed by atoms with van der Waals surface area (Å²) in [7, 11) is 0. The minimum Gasteiger partial charge on any atom is -0.455 e. The Labute approximate surface area is 325 Å². The van der Waals surface area contributed by atoms with Crippen LogP contribution in [-0.2, 0) is 5.41 Å². The van der Waals surface area contributed by atoms with Crippen molar-refractivity contribution in [3.8, 4) is 67.3 Å². The van der Waals surface area contributed by atoms with Crippen LogP contribution in [0.5, 0.6) is 0 Å². The molecular weight excluding hydrogens is 681 g/mol. The minimum atomic E-state index is -0.116. The molecule has 0 N–H and O–H groups in total. The molecule has 0 saturated heterocycles. The summed E-state index contributed by atoms with van der Waals surface area (Å²) in [5, 5.41) is 4.47. The average Bonchev–Trinajstić information content (AvgIpc) is 3.75. The van der Waals surface area contributed by atoms with Gasteiger partial charge in [-0.05, 0) is 74.0 Å². The summed E-state index contributed by atoms with van der Waals surface area (Å²) in [6, 6.07) is 64.7. The molecule has 1 aliphatic carbocycles. The molecule has 0 bridgehead atoms. The Morgan fingerprint density at radius 2 is 0.982 bits per heavy atom. The highest BCUT2D eigenvalue weighted by Gasteiger charge is 2.35. The lowest BCUT2D eigenvalue weighted by Crippen LogP contribution is -2.14. The molecule has 0 fully saturated rings. The number of hydrogen-bond donors (Lipinski definition) is 0. The van der Waals surface area contributed by atoms with Crippen LogP contribution < -0.4 is 0 Å². The Balaban J connectivity index is 1.16. The van der Waals surface area contributed by atoms with Gasteiger partial charge in [0.25, 0.3) is 0 Å². The third kappa shape index (κ3) is 4.98. The van der Waals surface area contributed by atoms with E-state index in [-0.39, 0.29) is 5.41 Å². The van der Waals surface area contributed by atoms with Crippen molar-refractivity contribution in [1.82, 2.24) is 9.97 Å². The van der Waals surface area contributed by atoms with Gasteiger partial charge in [-0.15, -0.1) is 0 Å². The van der Waals surface area contributed by atoms with Crippen molar-refractivity contribution in [1.29, 1.82) is 0 Å². The molecule has 3 nitrogen and oxygen atoms in total. The van der Waals surface area contributed by atoms with E-state index in [0.717, 1.165) is 77.5 Å². The van der Waals surface area contributed by atoms with E-state index >= 15 is 0 Å². The third-order valence-electron chi connectivity index (χ3n) is 11.7. The molecule has 0 spiro atoms. The molecule has 1 aliphatic rings. The molecule has 3 heteroatoms. The molecular formula is C53H36N2O. The molecule has 264 valence electrons. The maximum atomic E-state index is 6.86. The fraction of sp³-hybridized carbons (Fsp3) is 0.0566. The van der Waals surface area contributed by atoms with Gasteiger partial charge in [-0.2, -0.15) is 0 Å². The first kappa shape index (κ1) is 32.3. The first-order valence-electron chi connectivity index (χ1n) is 19.2. The number of hydrogen-bond acceptors (Lipinski definition) is 3. The summed E-state index contributed by atoms with van der Waals surface area (Å²) >= 11 is 0. The van der Waals surface area contributed by atoms with E-state index in [1.54, 1.807) is 0 Å². The largest absolute Gasteiger partial charge is 0.455 e. The van der Waals surface area contributed by atoms with E-state index in [0.29, 0.717) is 5.82 Å². The van der Waals surface area contributed by atoms with Gasteiger partial charge in [0.05, 0.1) is 11.4 Å². The highest BCUT2D eigenvalue weighted by atomic mass is 16.3. The first-order valence-corrected chi connectivity index (χ1v) is 19.2. The summed E-state index contributed by atoms with van der Waals surface area (Å²) in [5.74, 6) is 0.700. The summed E-state index contributed by atoms with van der Waals surface area (Å²) in [6.45, 7) is 4.69. The SMILES string of the molecule is CC1(C)c2ccccc2-c2ccc(-c3ccc4c(oc5ccccc54)c3-c3ccc(-c4cc(-c5ccccc5)nc(-c5ccccc5)n4)c4ccccc34)cc21. The van der Waals surface area contributed by atoms with Crippen LogP contribution in [0.25, 0.3) is 100.0 Å². The van der Waals surface area contributed by atoms with E-state index in [2.05, 4.69) is 166 Å². The van der Waals surface area contributed by atoms with Gasteiger partial charge in [-0.3, -0.25) is 0 Å². The van der Waals surface area contributed by atoms with Crippen molar-refractivity contribution in [2.24, 2.45) is 0 Å². The standard InChI is InChI=1S/C53H36N2O/c1-53(2)45-23-13-11-21-39(45)40-26-25-35(31-46(40)53)36-27-30-44-42-22-12-14-24-49(42)56-51(44)50(36)43-29-28-41(37-19-9-10-20-38(37)43)48-32-47(33-15-5-3-6-16-33)54-52(55-48)34-17-7-4-8-18-34/h3-32H,1-2H3. The molecule has 8 aromatic carbocycles. The Morgan fingerprint density at radius 1 is 0.393 bits per heavy atom. The Morgan fingerprint density at radius 3 is 1.79 bits per heavy atom. The number of nitrogens with zero attached hydrogens (tertiary/aromatic N) is 2. The van der Waals surface area contributed by atoms with Crippen molar-refractivity contribution in [2.45, 2.75) is 19.3 Å². The monoisotopic (exact) mass is 716 g/mol. The van der Waals surface area contributed by atoms with Crippen LogP contribution in [0, 0.1) is 0 Å². The van der Waals surface area contributed by atoms with Gasteiger partial charge in [-0.25, -0.2) is 9.97 Å². The predicted molar refractivity (Wildman–Crippen MR) is 232 cm³/mol. The van der Waals surface area contributed by atoms with Crippen LogP contribution in [0.15, 0.2) is 186 Å². The first-order chi connectivity index (χ1) is 27.5. The lowest BCUT2D eigenvalue weighted by Gasteiger charge is -2.22. The highest BCUT2D eigenvalue weighted by molar-refractivity contribution is 6.17. The Bertz CT molecular complexity index is 3100. The van der Waals surface area contributed by atoms with Crippen LogP contribution in [0.4, 0.5) is 0 Å². The lowest BCUT2D eigenvalue weighted by atomic mass is 9.81. The van der Waals surface area contributed by atoms with Gasteiger partial charge >= 0.3 is 0 Å². The number of rotatable bonds is 5. The predicted octanol–water partition coefficient (Wildman–Crippen LogP) is 14.2. The molecule has 10 aromatic rings. The smallest absolute Gasteiger partial charge is 0.160 e. The van der Waals surface area contributed by atoms with Gasteiger partial charge in [0.1, 0.15) is 11.2 Å². The van der Waals surface area contributed by atoms with Gasteiger partial charge < -0.3 is 4.42 Å². The van der Waals surface area contributed by atoms with E-state index in [1.165, 1.54) is 27.8 Å². The molecule has 11 rings (SSSR count). The second-order valence-corrected chi connectivity index (χ2v) is 15.3. The molecule has 0 unspecified atom stereocenters. The number of benzene rings is 8. The van der Waals surface area contributed by atoms with Crippen LogP contribution in [-0.4, -0.2) is 9.97 Å². The van der Waals surface area contributed by atoms with Crippen LogP contribution in [0.3, 0.4) is 0 Å². The fourth-order valence-electron chi connectivity index (χ4n) is 8.97. The van der Waals surface area contributed by atoms with Crippen molar-refractivity contribution in [3.05, 3.63) is 193 Å². The Hall–Kier alpha value is -7.10. The van der Waals surface area contributed by atoms with E-state index in [9.17, 15) is 0 Å². The van der Waals surface area contributed by atoms with Crippen molar-refractivity contribution >= 4 is 32.7 Å². The summed E-state index contributed by atoms with van der Waals surface area (Å²) < 4.78 is 6.86. The van der Waals surface area contributed by atoms with Crippen molar-refractivity contribution in [3.63, 3.8) is 0 Å². The van der Waals surface area contributed by atoms with Crippen molar-refractivity contribution in [2.75, 3.05) is 0 Å². The van der Waals surface area contributed by atoms with E-state index in [4.69, 9.17) is 14.4 Å². The van der Waals surface area contributed by atoms with E-state index in [1.807, 2.05) is 30.3 Å². The normalized spacial score (nSPS) is 13.0. The lowest BCUT2D eigenvalue weighted by molar-refractivity contribution is 0.660. The molecule has 0 radical (unpaired) electrons. The minimum absolute atomic E-state index is 0.116. The summed E-state index contributed by atoms with van der Waals surface area (Å²) in [4.78, 5) is 10.3. The fourth-order valence-corrected chi connectivity index (χ4v) is 8.97. The average molecular weight is 717 g/mol. The summed E-state index contributed by atoms with van der Waals surface area (Å²) in [6.07, 6.45) is 0. The zero-order valence-corrected chi connectivity index (χ0v) is 31.1. The molecule has 0 aliphatic heterocycles. The van der Waals surface area contributed by atoms with Crippen LogP contribution >= 0.6 is 0 Å². The zero-order chi connectivity index (χ0) is 37.4. The van der Waals surface area contributed by atoms with Gasteiger partial charge in [-0.1, -0.05) is 172 Å². The maximum absolute atomic E-state index is 6.86. The van der Waals surface area contributed by atoms with Crippen LogP contribution in [0.1, 0.15) is 25.0 Å². The highest BCUT2D eigenvalue weighted by Crippen LogP contribution is 2.51. The second-order valence-electron chi connectivity index (χ2n) is 15.3. The topological polar surface area (TPSA) is 38.9 Å². The number of furan rings is 1. The molecule has 0 amide bonds. The molecule has 2 heterocycles. The molecule has 56 heavy (non-hydrogen) atoms. The Kier molecular flexibility index (Phi) is 7.20. The number of aromatic nitrogens is 2. The van der Waals surface area contributed by atoms with Gasteiger partial charge in [0.15, 0.2) is 5.82 Å².